The second-order valence-corrected chi connectivity index (χ2v) is 35.3. The van der Waals surface area contributed by atoms with E-state index in [0.29, 0.717) is 92.3 Å². The third-order valence-electron chi connectivity index (χ3n) is 18.6. The zero-order valence-electron chi connectivity index (χ0n) is 65.8. The molecule has 4 aliphatic heterocycles. The molecule has 110 heavy (non-hydrogen) atoms. The van der Waals surface area contributed by atoms with Crippen molar-refractivity contribution in [2.24, 2.45) is 0 Å². The minimum absolute atomic E-state index is 0.236. The molecule has 1 N–H and O–H groups in total. The minimum Gasteiger partial charge on any atom is -0.490 e. The van der Waals surface area contributed by atoms with E-state index in [9.17, 15) is 23.9 Å². The second-order valence-electron chi connectivity index (χ2n) is 31.0. The Hall–Kier alpha value is -8.04. The molecule has 0 aliphatic carbocycles. The standard InChI is InChI=1S/C27H30FNO4S.C25H26FNO4S.C22H26ClFO4S.C11H16BNO2/c1-6-31-26(30)24(33-27(3,4)5)21-16(2)34-25(17-9-11-29-12-10-17)22(21)19-14-18-8-7-13-32-23(18)20(28)15-19;1-14-19(22(24(28)29)31-25(2,3)4)20(23(32-14)15-7-9-27-10-8-15)17-12-16-6-5-11-30-21(16)18(26)13-17;1-6-26-21(25)19(28-22(3,4)5)16-12(2)29-20(23)17(16)14-10-13-8-7-9-27-18(13)15(24)11-14;1-10(2)11(3,4)15-12(14-10)9-5-7-13-8-6-9/h9-12,14-15,24H,6-8,13H2,1-5H3;7-10,12-13,22H,5-6,11H2,1-4H3,(H,28,29);10-11,19H,6-9H2,1-5H3;5-8H,1-4H3. The molecule has 3 aromatic carbocycles. The molecule has 586 valence electrons. The van der Waals surface area contributed by atoms with Gasteiger partial charge >= 0.3 is 25.0 Å². The van der Waals surface area contributed by atoms with Crippen molar-refractivity contribution in [1.29, 1.82) is 0 Å². The average molecular weight is 1590 g/mol. The van der Waals surface area contributed by atoms with Crippen LogP contribution in [0, 0.1) is 38.2 Å². The third kappa shape index (κ3) is 20.1. The van der Waals surface area contributed by atoms with Crippen LogP contribution >= 0.6 is 45.6 Å². The number of fused-ring (bicyclic) bond motifs is 3. The Labute approximate surface area is 660 Å². The lowest BCUT2D eigenvalue weighted by Crippen LogP contribution is -2.41. The number of benzene rings is 3. The van der Waals surface area contributed by atoms with Crippen molar-refractivity contribution in [3.8, 4) is 71.5 Å². The number of aryl methyl sites for hydroxylation is 6. The Kier molecular flexibility index (Phi) is 27.1. The number of carboxylic acid groups (broad SMARTS) is 1. The summed E-state index contributed by atoms with van der Waals surface area (Å²) in [5, 5.41) is 10.1. The Morgan fingerprint density at radius 3 is 1.16 bits per heavy atom. The summed E-state index contributed by atoms with van der Waals surface area (Å²) in [7, 11) is -0.280. The van der Waals surface area contributed by atoms with Crippen molar-refractivity contribution in [2.75, 3.05) is 33.0 Å². The van der Waals surface area contributed by atoms with Crippen LogP contribution in [-0.4, -0.2) is 106 Å². The number of aliphatic carboxylic acids is 1. The predicted molar refractivity (Wildman–Crippen MR) is 428 cm³/mol. The van der Waals surface area contributed by atoms with Crippen molar-refractivity contribution < 1.29 is 79.9 Å². The Morgan fingerprint density at radius 1 is 0.500 bits per heavy atom. The molecule has 0 spiro atoms. The van der Waals surface area contributed by atoms with Crippen LogP contribution in [0.1, 0.15) is 189 Å². The lowest BCUT2D eigenvalue weighted by atomic mass is 9.80. The molecule has 10 heterocycles. The van der Waals surface area contributed by atoms with E-state index in [-0.39, 0.29) is 31.5 Å². The molecule has 3 atom stereocenters. The van der Waals surface area contributed by atoms with Gasteiger partial charge in [0, 0.05) is 94.9 Å². The van der Waals surface area contributed by atoms with Gasteiger partial charge in [-0.25, -0.2) is 27.6 Å². The number of carbonyl (C=O) groups is 3. The van der Waals surface area contributed by atoms with Crippen molar-refractivity contribution in [1.82, 2.24) is 15.0 Å². The Bertz CT molecular complexity index is 4730. The SMILES string of the molecule is CC1(C)OB(c2ccncc2)OC1(C)C.CCOC(=O)C(OC(C)(C)C)c1c(C)sc(-c2ccncc2)c1-c1cc(F)c2c(c1)CCCO2.CCOC(=O)C(OC(C)(C)C)c1c(C)sc(Cl)c1-c1cc(F)c2c(c1)CCCO2.Cc1sc(-c2ccncc2)c(-c2cc(F)c3c(c2)CCCO3)c1C(OC(C)(C)C)C(=O)O. The summed E-state index contributed by atoms with van der Waals surface area (Å²) in [6.45, 7) is 36.2. The fraction of sp³-hybridized carbons (Fsp3) is 0.435. The Balaban J connectivity index is 0.000000161. The van der Waals surface area contributed by atoms with Gasteiger partial charge in [-0.15, -0.1) is 34.0 Å². The highest BCUT2D eigenvalue weighted by Gasteiger charge is 2.52. The van der Waals surface area contributed by atoms with Crippen LogP contribution in [0.2, 0.25) is 4.34 Å². The number of carbonyl (C=O) groups excluding carboxylic acids is 2. The molecule has 6 aromatic heterocycles. The molecule has 9 aromatic rings. The van der Waals surface area contributed by atoms with Crippen molar-refractivity contribution in [2.45, 2.75) is 209 Å². The fourth-order valence-electron chi connectivity index (χ4n) is 13.3. The summed E-state index contributed by atoms with van der Waals surface area (Å²) in [6, 6.07) is 21.6. The van der Waals surface area contributed by atoms with Gasteiger partial charge < -0.3 is 52.3 Å². The van der Waals surface area contributed by atoms with Gasteiger partial charge in [-0.1, -0.05) is 11.6 Å². The molecular formula is C85H98BClF3N3O14S3. The maximum atomic E-state index is 15.2. The molecule has 4 aliphatic rings. The van der Waals surface area contributed by atoms with E-state index in [1.807, 2.05) is 165 Å². The van der Waals surface area contributed by atoms with Gasteiger partial charge in [-0.3, -0.25) is 15.0 Å². The second kappa shape index (κ2) is 35.3. The molecule has 1 saturated heterocycles. The lowest BCUT2D eigenvalue weighted by Gasteiger charge is -2.32. The predicted octanol–water partition coefficient (Wildman–Crippen LogP) is 20.5. The summed E-state index contributed by atoms with van der Waals surface area (Å²) in [4.78, 5) is 54.8. The number of halogens is 4. The molecule has 25 heteroatoms. The monoisotopic (exact) mass is 1580 g/mol. The smallest absolute Gasteiger partial charge is 0.490 e. The van der Waals surface area contributed by atoms with Crippen molar-refractivity contribution >= 4 is 76.1 Å². The summed E-state index contributed by atoms with van der Waals surface area (Å²) in [5.41, 5.74) is 8.77. The van der Waals surface area contributed by atoms with E-state index in [1.165, 1.54) is 40.9 Å². The van der Waals surface area contributed by atoms with Crippen LogP contribution in [0.3, 0.4) is 0 Å². The number of thiophene rings is 3. The van der Waals surface area contributed by atoms with Gasteiger partial charge in [-0.05, 0) is 286 Å². The first-order valence-electron chi connectivity index (χ1n) is 37.0. The summed E-state index contributed by atoms with van der Waals surface area (Å²) in [5.74, 6) is -2.36. The molecule has 1 fully saturated rings. The van der Waals surface area contributed by atoms with E-state index in [2.05, 4.69) is 15.0 Å². The number of aromatic nitrogens is 3. The average Bonchev–Trinajstić information content (AvgIpc) is 1.57. The quantitative estimate of drug-likeness (QED) is 0.0665. The minimum atomic E-state index is -1.19. The van der Waals surface area contributed by atoms with Crippen LogP contribution in [0.25, 0.3) is 54.3 Å². The highest BCUT2D eigenvalue weighted by atomic mass is 35.5. The molecule has 0 bridgehead atoms. The van der Waals surface area contributed by atoms with Crippen LogP contribution in [0.5, 0.6) is 17.2 Å². The first-order chi connectivity index (χ1) is 51.9. The molecule has 0 amide bonds. The Morgan fingerprint density at radius 2 is 0.818 bits per heavy atom. The number of carboxylic acids is 1. The van der Waals surface area contributed by atoms with Gasteiger partial charge in [0.15, 0.2) is 53.0 Å². The summed E-state index contributed by atoms with van der Waals surface area (Å²) < 4.78 is 103. The van der Waals surface area contributed by atoms with Crippen molar-refractivity contribution in [3.05, 3.63) is 180 Å². The lowest BCUT2D eigenvalue weighted by molar-refractivity contribution is -0.167. The van der Waals surface area contributed by atoms with Gasteiger partial charge in [0.1, 0.15) is 4.34 Å². The first-order valence-corrected chi connectivity index (χ1v) is 39.8. The number of hydrogen-bond donors (Lipinski definition) is 1. The number of pyridine rings is 3. The maximum absolute atomic E-state index is 15.2. The summed E-state index contributed by atoms with van der Waals surface area (Å²) in [6.07, 6.45) is 11.9. The van der Waals surface area contributed by atoms with Crippen LogP contribution in [0.15, 0.2) is 110 Å². The molecule has 3 unspecified atom stereocenters. The molecule has 0 saturated carbocycles. The normalized spacial score (nSPS) is 15.7. The van der Waals surface area contributed by atoms with Crippen molar-refractivity contribution in [3.63, 3.8) is 0 Å². The number of hydrogen-bond acceptors (Lipinski definition) is 19. The maximum Gasteiger partial charge on any atom is 0.494 e. The van der Waals surface area contributed by atoms with E-state index < -0.39 is 70.5 Å². The van der Waals surface area contributed by atoms with Gasteiger partial charge in [0.05, 0.1) is 61.0 Å². The number of ether oxygens (including phenoxy) is 8. The van der Waals surface area contributed by atoms with Gasteiger partial charge in [0.2, 0.25) is 0 Å². The number of nitrogens with zero attached hydrogens (tertiary/aromatic N) is 3. The molecule has 17 nitrogen and oxygen atoms in total. The fourth-order valence-corrected chi connectivity index (χ4v) is 17.1. The molecule has 0 radical (unpaired) electrons. The van der Waals surface area contributed by atoms with Gasteiger partial charge in [-0.2, -0.15) is 0 Å². The van der Waals surface area contributed by atoms with Crippen LogP contribution in [-0.2, 0) is 66.6 Å². The van der Waals surface area contributed by atoms with E-state index in [4.69, 9.17) is 58.8 Å². The molecular weight excluding hydrogens is 1490 g/mol. The van der Waals surface area contributed by atoms with E-state index in [1.54, 1.807) is 62.4 Å². The molecule has 13 rings (SSSR count). The largest absolute Gasteiger partial charge is 0.494 e. The number of esters is 2. The van der Waals surface area contributed by atoms with Gasteiger partial charge in [0.25, 0.3) is 0 Å². The summed E-state index contributed by atoms with van der Waals surface area (Å²) >= 11 is 11.0. The first kappa shape index (κ1) is 84.4. The highest BCUT2D eigenvalue weighted by molar-refractivity contribution is 7.17. The number of rotatable bonds is 17. The zero-order chi connectivity index (χ0) is 79.9. The zero-order valence-corrected chi connectivity index (χ0v) is 69.0. The topological polar surface area (TPSA) is 202 Å². The van der Waals surface area contributed by atoms with Crippen LogP contribution in [0.4, 0.5) is 13.2 Å². The van der Waals surface area contributed by atoms with E-state index in [0.717, 1.165) is 95.3 Å². The van der Waals surface area contributed by atoms with Crippen LogP contribution < -0.4 is 19.7 Å². The highest BCUT2D eigenvalue weighted by Crippen LogP contribution is 2.52. The van der Waals surface area contributed by atoms with E-state index >= 15 is 8.78 Å². The third-order valence-corrected chi connectivity index (χ3v) is 22.3.